The van der Waals surface area contributed by atoms with Crippen molar-refractivity contribution in [3.05, 3.63) is 11.5 Å². The highest BCUT2D eigenvalue weighted by Gasteiger charge is 2.28. The van der Waals surface area contributed by atoms with Crippen LogP contribution in [0.2, 0.25) is 0 Å². The lowest BCUT2D eigenvalue weighted by Gasteiger charge is -2.30. The molecule has 104 valence electrons. The lowest BCUT2D eigenvalue weighted by Crippen LogP contribution is -2.25. The molecule has 0 saturated heterocycles. The Hall–Kier alpha value is 0.0400. The molecule has 0 saturated carbocycles. The minimum absolute atomic E-state index is 0.379. The first-order valence-corrected chi connectivity index (χ1v) is 8.80. The predicted octanol–water partition coefficient (Wildman–Crippen LogP) is 5.37. The van der Waals surface area contributed by atoms with Crippen molar-refractivity contribution < 1.29 is 4.42 Å². The second kappa shape index (κ2) is 7.59. The van der Waals surface area contributed by atoms with Gasteiger partial charge >= 0.3 is 0 Å². The van der Waals surface area contributed by atoms with Gasteiger partial charge in [0, 0.05) is 11.1 Å². The number of hydrogen-bond acceptors (Lipinski definition) is 3. The Morgan fingerprint density at radius 2 is 1.83 bits per heavy atom. The first-order chi connectivity index (χ1) is 8.56. The zero-order valence-corrected chi connectivity index (χ0v) is 14.3. The molecule has 1 rings (SSSR count). The Kier molecular flexibility index (Phi) is 6.78. The van der Waals surface area contributed by atoms with Crippen LogP contribution in [0, 0.1) is 19.3 Å². The fourth-order valence-corrected chi connectivity index (χ4v) is 4.45. The zero-order chi connectivity index (χ0) is 13.6. The molecule has 0 amide bonds. The standard InChI is InChI=1S/C14H24BrNOS/c1-5-7-14(9-15,8-6-2)10-18-13-16-11(3)12(4)17-13/h5-10H2,1-4H3. The van der Waals surface area contributed by atoms with Crippen molar-refractivity contribution in [2.45, 2.75) is 58.6 Å². The van der Waals surface area contributed by atoms with Crippen LogP contribution in [0.3, 0.4) is 0 Å². The smallest absolute Gasteiger partial charge is 0.256 e. The summed E-state index contributed by atoms with van der Waals surface area (Å²) in [6, 6.07) is 0. The molecule has 0 atom stereocenters. The van der Waals surface area contributed by atoms with Gasteiger partial charge in [-0.05, 0) is 32.1 Å². The highest BCUT2D eigenvalue weighted by molar-refractivity contribution is 9.09. The van der Waals surface area contributed by atoms with Gasteiger partial charge < -0.3 is 4.42 Å². The van der Waals surface area contributed by atoms with E-state index in [1.807, 2.05) is 13.8 Å². The molecule has 1 aromatic rings. The molecule has 0 spiro atoms. The van der Waals surface area contributed by atoms with Crippen LogP contribution in [-0.2, 0) is 0 Å². The van der Waals surface area contributed by atoms with E-state index >= 15 is 0 Å². The molecular weight excluding hydrogens is 310 g/mol. The maximum atomic E-state index is 5.65. The van der Waals surface area contributed by atoms with Crippen LogP contribution in [0.5, 0.6) is 0 Å². The van der Waals surface area contributed by atoms with Gasteiger partial charge in [-0.25, -0.2) is 4.98 Å². The van der Waals surface area contributed by atoms with E-state index in [9.17, 15) is 0 Å². The van der Waals surface area contributed by atoms with Crippen molar-refractivity contribution in [2.75, 3.05) is 11.1 Å². The second-order valence-corrected chi connectivity index (χ2v) is 6.53. The summed E-state index contributed by atoms with van der Waals surface area (Å²) in [7, 11) is 0. The number of nitrogens with zero attached hydrogens (tertiary/aromatic N) is 1. The third-order valence-electron chi connectivity index (χ3n) is 3.35. The van der Waals surface area contributed by atoms with Gasteiger partial charge in [-0.15, -0.1) is 0 Å². The topological polar surface area (TPSA) is 26.0 Å². The van der Waals surface area contributed by atoms with Gasteiger partial charge in [-0.2, -0.15) is 0 Å². The van der Waals surface area contributed by atoms with Crippen LogP contribution in [-0.4, -0.2) is 16.1 Å². The van der Waals surface area contributed by atoms with Gasteiger partial charge in [-0.1, -0.05) is 54.4 Å². The summed E-state index contributed by atoms with van der Waals surface area (Å²) >= 11 is 5.46. The average molecular weight is 334 g/mol. The van der Waals surface area contributed by atoms with Crippen LogP contribution in [0.15, 0.2) is 9.64 Å². The third-order valence-corrected chi connectivity index (χ3v) is 5.72. The number of rotatable bonds is 8. The van der Waals surface area contributed by atoms with Crippen molar-refractivity contribution in [1.82, 2.24) is 4.98 Å². The van der Waals surface area contributed by atoms with E-state index in [1.54, 1.807) is 11.8 Å². The fraction of sp³-hybridized carbons (Fsp3) is 0.786. The molecule has 0 aromatic carbocycles. The number of alkyl halides is 1. The number of halogens is 1. The van der Waals surface area contributed by atoms with Gasteiger partial charge in [0.2, 0.25) is 0 Å². The summed E-state index contributed by atoms with van der Waals surface area (Å²) in [5, 5.41) is 1.88. The first-order valence-electron chi connectivity index (χ1n) is 6.69. The number of thioether (sulfide) groups is 1. The van der Waals surface area contributed by atoms with E-state index in [0.29, 0.717) is 5.41 Å². The lowest BCUT2D eigenvalue weighted by molar-refractivity contribution is 0.318. The minimum Gasteiger partial charge on any atom is -0.437 e. The average Bonchev–Trinajstić information content (AvgIpc) is 2.66. The Labute approximate surface area is 123 Å². The maximum absolute atomic E-state index is 5.65. The highest BCUT2D eigenvalue weighted by Crippen LogP contribution is 2.37. The Morgan fingerprint density at radius 1 is 1.22 bits per heavy atom. The molecule has 0 aliphatic carbocycles. The molecule has 1 heterocycles. The van der Waals surface area contributed by atoms with Crippen molar-refractivity contribution in [3.8, 4) is 0 Å². The Bertz CT molecular complexity index is 339. The molecule has 1 aromatic heterocycles. The van der Waals surface area contributed by atoms with Gasteiger partial charge in [0.05, 0.1) is 5.69 Å². The van der Waals surface area contributed by atoms with Crippen LogP contribution in [0.25, 0.3) is 0 Å². The van der Waals surface area contributed by atoms with E-state index in [1.165, 1.54) is 25.7 Å². The van der Waals surface area contributed by atoms with E-state index in [-0.39, 0.29) is 0 Å². The number of oxazole rings is 1. The summed E-state index contributed by atoms with van der Waals surface area (Å²) in [6.45, 7) is 8.50. The van der Waals surface area contributed by atoms with E-state index in [0.717, 1.165) is 27.8 Å². The van der Waals surface area contributed by atoms with Gasteiger partial charge in [0.1, 0.15) is 5.76 Å². The molecule has 0 radical (unpaired) electrons. The first kappa shape index (κ1) is 16.1. The largest absolute Gasteiger partial charge is 0.437 e. The molecule has 0 fully saturated rings. The summed E-state index contributed by atoms with van der Waals surface area (Å²) in [5.41, 5.74) is 1.39. The molecule has 0 unspecified atom stereocenters. The molecule has 0 aliphatic heterocycles. The zero-order valence-electron chi connectivity index (χ0n) is 11.9. The monoisotopic (exact) mass is 333 g/mol. The molecule has 0 N–H and O–H groups in total. The van der Waals surface area contributed by atoms with Gasteiger partial charge in [-0.3, -0.25) is 0 Å². The van der Waals surface area contributed by atoms with Crippen LogP contribution >= 0.6 is 27.7 Å². The summed E-state index contributed by atoms with van der Waals surface area (Å²) < 4.78 is 5.65. The van der Waals surface area contributed by atoms with Gasteiger partial charge in [0.15, 0.2) is 0 Å². The van der Waals surface area contributed by atoms with E-state index in [2.05, 4.69) is 34.8 Å². The maximum Gasteiger partial charge on any atom is 0.256 e. The fourth-order valence-electron chi connectivity index (χ4n) is 2.22. The van der Waals surface area contributed by atoms with E-state index in [4.69, 9.17) is 4.42 Å². The SMILES string of the molecule is CCCC(CBr)(CCC)CSc1nc(C)c(C)o1. The third kappa shape index (κ3) is 4.30. The number of aromatic nitrogens is 1. The molecule has 18 heavy (non-hydrogen) atoms. The lowest BCUT2D eigenvalue weighted by atomic mass is 9.83. The van der Waals surface area contributed by atoms with Crippen LogP contribution in [0.4, 0.5) is 0 Å². The summed E-state index contributed by atoms with van der Waals surface area (Å²) in [5.74, 6) is 2.02. The van der Waals surface area contributed by atoms with Crippen LogP contribution in [0.1, 0.15) is 51.0 Å². The predicted molar refractivity (Wildman–Crippen MR) is 82.7 cm³/mol. The number of hydrogen-bond donors (Lipinski definition) is 0. The summed E-state index contributed by atoms with van der Waals surface area (Å²) in [4.78, 5) is 4.45. The van der Waals surface area contributed by atoms with Crippen molar-refractivity contribution in [2.24, 2.45) is 5.41 Å². The summed E-state index contributed by atoms with van der Waals surface area (Å²) in [6.07, 6.45) is 4.99. The van der Waals surface area contributed by atoms with Crippen LogP contribution < -0.4 is 0 Å². The molecular formula is C14H24BrNOS. The molecule has 0 bridgehead atoms. The normalized spacial score (nSPS) is 12.1. The molecule has 4 heteroatoms. The van der Waals surface area contributed by atoms with E-state index < -0.39 is 0 Å². The Balaban J connectivity index is 2.65. The highest BCUT2D eigenvalue weighted by atomic mass is 79.9. The second-order valence-electron chi connectivity index (χ2n) is 5.04. The van der Waals surface area contributed by atoms with Crippen molar-refractivity contribution in [1.29, 1.82) is 0 Å². The number of aryl methyl sites for hydroxylation is 2. The van der Waals surface area contributed by atoms with Gasteiger partial charge in [0.25, 0.3) is 5.22 Å². The Morgan fingerprint density at radius 3 is 2.22 bits per heavy atom. The molecule has 0 aliphatic rings. The molecule has 2 nitrogen and oxygen atoms in total. The quantitative estimate of drug-likeness (QED) is 0.472. The van der Waals surface area contributed by atoms with Crippen molar-refractivity contribution >= 4 is 27.7 Å². The minimum atomic E-state index is 0.379. The van der Waals surface area contributed by atoms with Crippen molar-refractivity contribution in [3.63, 3.8) is 0 Å².